The molecule has 3 aromatic heterocycles. The predicted molar refractivity (Wildman–Crippen MR) is 117 cm³/mol. The lowest BCUT2D eigenvalue weighted by atomic mass is 10.1. The fourth-order valence-corrected chi connectivity index (χ4v) is 3.90. The van der Waals surface area contributed by atoms with Crippen LogP contribution in [0.5, 0.6) is 0 Å². The standard InChI is InChI=1S/C23H21F3N6O2/c1-15-20(21(30-34-15)16-5-3-2-4-6-16)22-29-28-19(33-22)14-31-9-11-32(12-10-31)18-8-7-17(13-27-18)23(24,25)26/h2-8,13H,9-12,14H2,1H3. The Hall–Kier alpha value is -3.73. The number of hydrogen-bond donors (Lipinski definition) is 0. The second-order valence-corrected chi connectivity index (χ2v) is 8.00. The van der Waals surface area contributed by atoms with Gasteiger partial charge < -0.3 is 13.8 Å². The van der Waals surface area contributed by atoms with Gasteiger partial charge in [-0.15, -0.1) is 10.2 Å². The number of pyridine rings is 1. The third-order valence-corrected chi connectivity index (χ3v) is 5.72. The monoisotopic (exact) mass is 470 g/mol. The molecule has 1 aliphatic heterocycles. The van der Waals surface area contributed by atoms with Crippen molar-refractivity contribution in [1.29, 1.82) is 0 Å². The molecule has 176 valence electrons. The van der Waals surface area contributed by atoms with Crippen LogP contribution < -0.4 is 4.90 Å². The highest BCUT2D eigenvalue weighted by Crippen LogP contribution is 2.33. The summed E-state index contributed by atoms with van der Waals surface area (Å²) >= 11 is 0. The average molecular weight is 470 g/mol. The maximum absolute atomic E-state index is 12.8. The number of alkyl halides is 3. The van der Waals surface area contributed by atoms with Crippen LogP contribution in [0.25, 0.3) is 22.7 Å². The van der Waals surface area contributed by atoms with Crippen molar-refractivity contribution in [3.63, 3.8) is 0 Å². The number of aromatic nitrogens is 4. The van der Waals surface area contributed by atoms with Crippen LogP contribution in [0.1, 0.15) is 17.2 Å². The van der Waals surface area contributed by atoms with E-state index in [0.29, 0.717) is 67.3 Å². The summed E-state index contributed by atoms with van der Waals surface area (Å²) in [5.74, 6) is 1.94. The van der Waals surface area contributed by atoms with Gasteiger partial charge >= 0.3 is 6.18 Å². The first-order chi connectivity index (χ1) is 16.4. The lowest BCUT2D eigenvalue weighted by Gasteiger charge is -2.34. The Morgan fingerprint density at radius 2 is 1.74 bits per heavy atom. The Morgan fingerprint density at radius 3 is 2.41 bits per heavy atom. The van der Waals surface area contributed by atoms with Crippen LogP contribution in [0.4, 0.5) is 19.0 Å². The number of benzene rings is 1. The van der Waals surface area contributed by atoms with Crippen LogP contribution in [-0.4, -0.2) is 51.4 Å². The number of piperazine rings is 1. The molecule has 0 N–H and O–H groups in total. The van der Waals surface area contributed by atoms with E-state index in [9.17, 15) is 13.2 Å². The Labute approximate surface area is 193 Å². The first-order valence-electron chi connectivity index (χ1n) is 10.7. The van der Waals surface area contributed by atoms with Crippen molar-refractivity contribution in [3.8, 4) is 22.7 Å². The fraction of sp³-hybridized carbons (Fsp3) is 0.304. The van der Waals surface area contributed by atoms with Gasteiger partial charge in [0.25, 0.3) is 5.89 Å². The maximum Gasteiger partial charge on any atom is 0.417 e. The molecule has 1 aliphatic rings. The molecule has 0 saturated carbocycles. The average Bonchev–Trinajstić information content (AvgIpc) is 3.46. The summed E-state index contributed by atoms with van der Waals surface area (Å²) in [6, 6.07) is 12.1. The molecule has 1 fully saturated rings. The molecule has 11 heteroatoms. The van der Waals surface area contributed by atoms with Gasteiger partial charge in [0.1, 0.15) is 22.8 Å². The third-order valence-electron chi connectivity index (χ3n) is 5.72. The molecule has 0 unspecified atom stereocenters. The minimum Gasteiger partial charge on any atom is -0.419 e. The van der Waals surface area contributed by atoms with E-state index < -0.39 is 11.7 Å². The van der Waals surface area contributed by atoms with Crippen LogP contribution in [0.15, 0.2) is 57.6 Å². The second-order valence-electron chi connectivity index (χ2n) is 8.00. The van der Waals surface area contributed by atoms with Gasteiger partial charge in [-0.3, -0.25) is 4.90 Å². The highest BCUT2D eigenvalue weighted by Gasteiger charge is 2.31. The molecular formula is C23H21F3N6O2. The minimum atomic E-state index is -4.39. The van der Waals surface area contributed by atoms with Gasteiger partial charge in [0.05, 0.1) is 12.1 Å². The van der Waals surface area contributed by atoms with Gasteiger partial charge in [-0.2, -0.15) is 13.2 Å². The van der Waals surface area contributed by atoms with E-state index in [2.05, 4.69) is 25.2 Å². The highest BCUT2D eigenvalue weighted by molar-refractivity contribution is 5.77. The van der Waals surface area contributed by atoms with E-state index in [-0.39, 0.29) is 0 Å². The topological polar surface area (TPSA) is 84.3 Å². The molecule has 1 saturated heterocycles. The number of halogens is 3. The minimum absolute atomic E-state index is 0.347. The smallest absolute Gasteiger partial charge is 0.417 e. The zero-order valence-corrected chi connectivity index (χ0v) is 18.3. The molecule has 4 aromatic rings. The predicted octanol–water partition coefficient (Wildman–Crippen LogP) is 4.44. The van der Waals surface area contributed by atoms with Crippen molar-refractivity contribution in [2.24, 2.45) is 0 Å². The molecule has 4 heterocycles. The Balaban J connectivity index is 1.23. The van der Waals surface area contributed by atoms with Gasteiger partial charge in [0.2, 0.25) is 5.89 Å². The lowest BCUT2D eigenvalue weighted by Crippen LogP contribution is -2.46. The summed E-state index contributed by atoms with van der Waals surface area (Å²) in [6.45, 7) is 4.88. The van der Waals surface area contributed by atoms with E-state index in [4.69, 9.17) is 8.94 Å². The zero-order chi connectivity index (χ0) is 23.7. The Bertz CT molecular complexity index is 1250. The molecule has 1 aromatic carbocycles. The number of aryl methyl sites for hydroxylation is 1. The maximum atomic E-state index is 12.8. The fourth-order valence-electron chi connectivity index (χ4n) is 3.90. The molecule has 0 amide bonds. The van der Waals surface area contributed by atoms with Gasteiger partial charge in [0, 0.05) is 37.9 Å². The summed E-state index contributed by atoms with van der Waals surface area (Å²) in [6.07, 6.45) is -3.52. The van der Waals surface area contributed by atoms with Crippen molar-refractivity contribution in [3.05, 3.63) is 65.9 Å². The van der Waals surface area contributed by atoms with Gasteiger partial charge in [-0.25, -0.2) is 4.98 Å². The van der Waals surface area contributed by atoms with E-state index in [1.54, 1.807) is 6.92 Å². The first-order valence-corrected chi connectivity index (χ1v) is 10.7. The normalized spacial score (nSPS) is 15.1. The summed E-state index contributed by atoms with van der Waals surface area (Å²) in [7, 11) is 0. The third kappa shape index (κ3) is 4.51. The number of anilines is 1. The second kappa shape index (κ2) is 8.90. The molecule has 34 heavy (non-hydrogen) atoms. The largest absolute Gasteiger partial charge is 0.419 e. The SMILES string of the molecule is Cc1onc(-c2ccccc2)c1-c1nnc(CN2CCN(c3ccc(C(F)(F)F)cn3)CC2)o1. The Kier molecular flexibility index (Phi) is 5.78. The van der Waals surface area contributed by atoms with Crippen molar-refractivity contribution in [2.45, 2.75) is 19.6 Å². The van der Waals surface area contributed by atoms with E-state index in [1.165, 1.54) is 6.07 Å². The summed E-state index contributed by atoms with van der Waals surface area (Å²) in [5, 5.41) is 12.6. The first kappa shape index (κ1) is 22.1. The van der Waals surface area contributed by atoms with Crippen molar-refractivity contribution < 1.29 is 22.1 Å². The number of nitrogens with zero attached hydrogens (tertiary/aromatic N) is 6. The van der Waals surface area contributed by atoms with E-state index in [1.807, 2.05) is 35.2 Å². The number of hydrogen-bond acceptors (Lipinski definition) is 8. The molecule has 0 radical (unpaired) electrons. The van der Waals surface area contributed by atoms with Crippen molar-refractivity contribution in [2.75, 3.05) is 31.1 Å². The Morgan fingerprint density at radius 1 is 0.971 bits per heavy atom. The van der Waals surface area contributed by atoms with Gasteiger partial charge in [-0.05, 0) is 19.1 Å². The van der Waals surface area contributed by atoms with Crippen molar-refractivity contribution in [1.82, 2.24) is 25.2 Å². The molecule has 5 rings (SSSR count). The molecule has 0 aliphatic carbocycles. The lowest BCUT2D eigenvalue weighted by molar-refractivity contribution is -0.137. The summed E-state index contributed by atoms with van der Waals surface area (Å²) < 4.78 is 49.6. The van der Waals surface area contributed by atoms with Crippen LogP contribution in [0.3, 0.4) is 0 Å². The molecule has 0 atom stereocenters. The summed E-state index contributed by atoms with van der Waals surface area (Å²) in [5.41, 5.74) is 1.46. The molecule has 8 nitrogen and oxygen atoms in total. The van der Waals surface area contributed by atoms with E-state index >= 15 is 0 Å². The van der Waals surface area contributed by atoms with Crippen LogP contribution >= 0.6 is 0 Å². The van der Waals surface area contributed by atoms with Gasteiger partial charge in [0.15, 0.2) is 0 Å². The van der Waals surface area contributed by atoms with Crippen LogP contribution in [0, 0.1) is 6.92 Å². The quantitative estimate of drug-likeness (QED) is 0.424. The van der Waals surface area contributed by atoms with Gasteiger partial charge in [-0.1, -0.05) is 35.5 Å². The number of rotatable bonds is 5. The highest BCUT2D eigenvalue weighted by atomic mass is 19.4. The van der Waals surface area contributed by atoms with Crippen LogP contribution in [-0.2, 0) is 12.7 Å². The van der Waals surface area contributed by atoms with Crippen LogP contribution in [0.2, 0.25) is 0 Å². The molecule has 0 bridgehead atoms. The van der Waals surface area contributed by atoms with Crippen molar-refractivity contribution >= 4 is 5.82 Å². The molecular weight excluding hydrogens is 449 g/mol. The molecule has 0 spiro atoms. The zero-order valence-electron chi connectivity index (χ0n) is 18.3. The summed E-state index contributed by atoms with van der Waals surface area (Å²) in [4.78, 5) is 8.09. The van der Waals surface area contributed by atoms with E-state index in [0.717, 1.165) is 17.8 Å².